The molecule has 1 saturated heterocycles. The lowest BCUT2D eigenvalue weighted by Gasteiger charge is -2.21. The van der Waals surface area contributed by atoms with E-state index >= 15 is 0 Å². The zero-order valence-electron chi connectivity index (χ0n) is 17.9. The first kappa shape index (κ1) is 24.4. The van der Waals surface area contributed by atoms with Gasteiger partial charge in [0.15, 0.2) is 5.96 Å². The highest BCUT2D eigenvalue weighted by molar-refractivity contribution is 14.0. The third kappa shape index (κ3) is 6.58. The Labute approximate surface area is 196 Å². The second-order valence-electron chi connectivity index (χ2n) is 7.74. The van der Waals surface area contributed by atoms with Crippen molar-refractivity contribution in [3.05, 3.63) is 35.4 Å². The Hall–Kier alpha value is -1.84. The van der Waals surface area contributed by atoms with E-state index in [1.807, 2.05) is 17.0 Å². The lowest BCUT2D eigenvalue weighted by Crippen LogP contribution is -2.45. The standard InChI is InChI=1S/C22H32N4O3.HI/c1-3-29-21(28)18-10-8-16(9-11-18)14-24-22(23-2)25-19-12-13-26(15-19)20(27)17-6-4-5-7-17;/h8-11,17,19H,3-7,12-15H2,1-2H3,(H2,23,24,25);1H. The minimum absolute atomic E-state index is 0. The number of ether oxygens (including phenoxy) is 1. The molecule has 1 heterocycles. The molecule has 1 aromatic carbocycles. The number of rotatable bonds is 6. The maximum absolute atomic E-state index is 12.6. The summed E-state index contributed by atoms with van der Waals surface area (Å²) in [5, 5.41) is 6.73. The van der Waals surface area contributed by atoms with Crippen LogP contribution in [0.3, 0.4) is 0 Å². The molecule has 0 radical (unpaired) electrons. The van der Waals surface area contributed by atoms with Gasteiger partial charge in [0.05, 0.1) is 12.2 Å². The molecule has 30 heavy (non-hydrogen) atoms. The first-order valence-corrected chi connectivity index (χ1v) is 10.6. The Kier molecular flexibility index (Phi) is 9.87. The van der Waals surface area contributed by atoms with Gasteiger partial charge in [-0.1, -0.05) is 25.0 Å². The third-order valence-electron chi connectivity index (χ3n) is 5.69. The van der Waals surface area contributed by atoms with Crippen LogP contribution in [0.25, 0.3) is 0 Å². The zero-order chi connectivity index (χ0) is 20.6. The van der Waals surface area contributed by atoms with Gasteiger partial charge in [0.25, 0.3) is 0 Å². The number of guanidine groups is 1. The number of hydrogen-bond acceptors (Lipinski definition) is 4. The van der Waals surface area contributed by atoms with Crippen LogP contribution >= 0.6 is 24.0 Å². The maximum atomic E-state index is 12.6. The normalized spacial score (nSPS) is 19.3. The zero-order valence-corrected chi connectivity index (χ0v) is 20.2. The highest BCUT2D eigenvalue weighted by Gasteiger charge is 2.32. The van der Waals surface area contributed by atoms with Gasteiger partial charge >= 0.3 is 5.97 Å². The third-order valence-corrected chi connectivity index (χ3v) is 5.69. The number of likely N-dealkylation sites (tertiary alicyclic amines) is 1. The summed E-state index contributed by atoms with van der Waals surface area (Å²) in [6.07, 6.45) is 5.40. The molecule has 7 nitrogen and oxygen atoms in total. The van der Waals surface area contributed by atoms with Gasteiger partial charge in [0.1, 0.15) is 0 Å². The number of nitrogens with one attached hydrogen (secondary N) is 2. The van der Waals surface area contributed by atoms with Gasteiger partial charge in [-0.15, -0.1) is 24.0 Å². The van der Waals surface area contributed by atoms with Crippen molar-refractivity contribution >= 4 is 41.8 Å². The van der Waals surface area contributed by atoms with Gasteiger partial charge in [-0.25, -0.2) is 4.79 Å². The van der Waals surface area contributed by atoms with Gasteiger partial charge in [0, 0.05) is 38.6 Å². The molecule has 3 rings (SSSR count). The van der Waals surface area contributed by atoms with Crippen molar-refractivity contribution in [1.82, 2.24) is 15.5 Å². The van der Waals surface area contributed by atoms with Crippen LogP contribution < -0.4 is 10.6 Å². The number of amides is 1. The summed E-state index contributed by atoms with van der Waals surface area (Å²) < 4.78 is 5.00. The molecule has 166 valence electrons. The number of aliphatic imine (C=N–C) groups is 1. The molecule has 0 aromatic heterocycles. The number of nitrogens with zero attached hydrogens (tertiary/aromatic N) is 2. The summed E-state index contributed by atoms with van der Waals surface area (Å²) in [6.45, 7) is 4.32. The van der Waals surface area contributed by atoms with Gasteiger partial charge in [-0.2, -0.15) is 0 Å². The lowest BCUT2D eigenvalue weighted by atomic mass is 10.1. The van der Waals surface area contributed by atoms with Crippen molar-refractivity contribution in [3.63, 3.8) is 0 Å². The molecule has 2 fully saturated rings. The van der Waals surface area contributed by atoms with Gasteiger partial charge < -0.3 is 20.3 Å². The van der Waals surface area contributed by atoms with Crippen LogP contribution in [0, 0.1) is 5.92 Å². The van der Waals surface area contributed by atoms with Crippen LogP contribution in [-0.4, -0.2) is 55.5 Å². The molecule has 1 amide bonds. The average molecular weight is 528 g/mol. The van der Waals surface area contributed by atoms with Crippen molar-refractivity contribution < 1.29 is 14.3 Å². The molecule has 8 heteroatoms. The summed E-state index contributed by atoms with van der Waals surface area (Å²) >= 11 is 0. The molecule has 1 aliphatic heterocycles. The molecule has 1 unspecified atom stereocenters. The van der Waals surface area contributed by atoms with E-state index in [0.717, 1.165) is 43.9 Å². The van der Waals surface area contributed by atoms with Crippen LogP contribution in [0.4, 0.5) is 0 Å². The number of esters is 1. The van der Waals surface area contributed by atoms with Crippen molar-refractivity contribution in [2.45, 2.75) is 51.6 Å². The highest BCUT2D eigenvalue weighted by atomic mass is 127. The minimum atomic E-state index is -0.303. The van der Waals surface area contributed by atoms with Gasteiger partial charge in [-0.3, -0.25) is 9.79 Å². The Bertz CT molecular complexity index is 732. The molecule has 1 aromatic rings. The Morgan fingerprint density at radius 3 is 2.50 bits per heavy atom. The number of hydrogen-bond donors (Lipinski definition) is 2. The number of benzene rings is 1. The molecular formula is C22H33IN4O3. The van der Waals surface area contributed by atoms with Crippen LogP contribution in [-0.2, 0) is 16.1 Å². The van der Waals surface area contributed by atoms with Crippen LogP contribution in [0.2, 0.25) is 0 Å². The molecule has 0 spiro atoms. The fraction of sp³-hybridized carbons (Fsp3) is 0.591. The quantitative estimate of drug-likeness (QED) is 0.257. The minimum Gasteiger partial charge on any atom is -0.462 e. The maximum Gasteiger partial charge on any atom is 0.338 e. The smallest absolute Gasteiger partial charge is 0.338 e. The van der Waals surface area contributed by atoms with Crippen molar-refractivity contribution in [1.29, 1.82) is 0 Å². The predicted molar refractivity (Wildman–Crippen MR) is 128 cm³/mol. The Balaban J connectivity index is 0.00000320. The summed E-state index contributed by atoms with van der Waals surface area (Å²) in [7, 11) is 1.75. The molecule has 1 saturated carbocycles. The van der Waals surface area contributed by atoms with E-state index in [2.05, 4.69) is 15.6 Å². The Morgan fingerprint density at radius 1 is 1.17 bits per heavy atom. The number of carbonyl (C=O) groups is 2. The monoisotopic (exact) mass is 528 g/mol. The second-order valence-corrected chi connectivity index (χ2v) is 7.74. The fourth-order valence-corrected chi connectivity index (χ4v) is 4.06. The molecular weight excluding hydrogens is 495 g/mol. The highest BCUT2D eigenvalue weighted by Crippen LogP contribution is 2.27. The summed E-state index contributed by atoms with van der Waals surface area (Å²) in [6, 6.07) is 7.58. The number of carbonyl (C=O) groups excluding carboxylic acids is 2. The first-order chi connectivity index (χ1) is 14.1. The summed E-state index contributed by atoms with van der Waals surface area (Å²) in [5.74, 6) is 0.988. The van der Waals surface area contributed by atoms with Gasteiger partial charge in [0.2, 0.25) is 5.91 Å². The molecule has 0 bridgehead atoms. The molecule has 2 aliphatic rings. The van der Waals surface area contributed by atoms with Crippen molar-refractivity contribution in [3.8, 4) is 0 Å². The van der Waals surface area contributed by atoms with E-state index in [4.69, 9.17) is 4.74 Å². The predicted octanol–water partition coefficient (Wildman–Crippen LogP) is 2.94. The van der Waals surface area contributed by atoms with Crippen LogP contribution in [0.15, 0.2) is 29.3 Å². The van der Waals surface area contributed by atoms with Crippen LogP contribution in [0.1, 0.15) is 54.9 Å². The SMILES string of the molecule is CCOC(=O)c1ccc(CNC(=NC)NC2CCN(C(=O)C3CCCC3)C2)cc1.I. The fourth-order valence-electron chi connectivity index (χ4n) is 4.06. The first-order valence-electron chi connectivity index (χ1n) is 10.6. The summed E-state index contributed by atoms with van der Waals surface area (Å²) in [5.41, 5.74) is 1.60. The second kappa shape index (κ2) is 12.1. The van der Waals surface area contributed by atoms with Gasteiger partial charge in [-0.05, 0) is 43.9 Å². The van der Waals surface area contributed by atoms with Crippen molar-refractivity contribution in [2.24, 2.45) is 10.9 Å². The van der Waals surface area contributed by atoms with E-state index in [9.17, 15) is 9.59 Å². The Morgan fingerprint density at radius 2 is 1.87 bits per heavy atom. The molecule has 1 atom stereocenters. The van der Waals surface area contributed by atoms with E-state index in [-0.39, 0.29) is 41.9 Å². The van der Waals surface area contributed by atoms with Crippen LogP contribution in [0.5, 0.6) is 0 Å². The van der Waals surface area contributed by atoms with E-state index in [0.29, 0.717) is 24.6 Å². The number of halogens is 1. The topological polar surface area (TPSA) is 83.0 Å². The van der Waals surface area contributed by atoms with E-state index in [1.165, 1.54) is 12.8 Å². The van der Waals surface area contributed by atoms with Crippen molar-refractivity contribution in [2.75, 3.05) is 26.7 Å². The summed E-state index contributed by atoms with van der Waals surface area (Å²) in [4.78, 5) is 30.6. The lowest BCUT2D eigenvalue weighted by molar-refractivity contribution is -0.134. The van der Waals surface area contributed by atoms with E-state index < -0.39 is 0 Å². The molecule has 1 aliphatic carbocycles. The largest absolute Gasteiger partial charge is 0.462 e. The average Bonchev–Trinajstić information content (AvgIpc) is 3.43. The molecule has 2 N–H and O–H groups in total. The van der Waals surface area contributed by atoms with E-state index in [1.54, 1.807) is 26.1 Å².